The highest BCUT2D eigenvalue weighted by Gasteiger charge is 2.19. The van der Waals surface area contributed by atoms with Crippen molar-refractivity contribution in [3.63, 3.8) is 0 Å². The molecule has 0 atom stereocenters. The molecule has 0 spiro atoms. The number of unbranched alkanes of at least 4 members (excludes halogenated alkanes) is 1. The van der Waals surface area contributed by atoms with Crippen LogP contribution in [0.5, 0.6) is 17.2 Å². The molecular weight excluding hydrogens is 529 g/mol. The van der Waals surface area contributed by atoms with Crippen molar-refractivity contribution in [2.75, 3.05) is 32.7 Å². The molecule has 0 saturated heterocycles. The van der Waals surface area contributed by atoms with Gasteiger partial charge in [-0.1, -0.05) is 24.3 Å². The summed E-state index contributed by atoms with van der Waals surface area (Å²) in [7, 11) is 0. The third-order valence-electron chi connectivity index (χ3n) is 5.54. The summed E-state index contributed by atoms with van der Waals surface area (Å²) >= 11 is 0. The zero-order valence-electron chi connectivity index (χ0n) is 20.0. The number of phenolic OH excluding ortho intramolecular Hbond substituents is 2. The Kier molecular flexibility index (Phi) is 16.2. The van der Waals surface area contributed by atoms with Crippen LogP contribution in [0.3, 0.4) is 0 Å². The number of fused-ring (bicyclic) bond motifs is 1. The van der Waals surface area contributed by atoms with Crippen LogP contribution < -0.4 is 21.8 Å². The van der Waals surface area contributed by atoms with Crippen LogP contribution in [0.4, 0.5) is 0 Å². The van der Waals surface area contributed by atoms with Crippen molar-refractivity contribution >= 4 is 48.2 Å². The first kappa shape index (κ1) is 33.8. The maximum absolute atomic E-state index is 12.5. The van der Waals surface area contributed by atoms with E-state index in [-0.39, 0.29) is 54.0 Å². The van der Waals surface area contributed by atoms with Gasteiger partial charge in [-0.25, -0.2) is 0 Å². The van der Waals surface area contributed by atoms with E-state index in [0.717, 1.165) is 70.4 Å². The Hall–Kier alpha value is -2.20. The number of halogens is 3. The fourth-order valence-electron chi connectivity index (χ4n) is 3.64. The summed E-state index contributed by atoms with van der Waals surface area (Å²) < 4.78 is 5.60. The molecule has 0 saturated carbocycles. The minimum atomic E-state index is -0.664. The number of benzene rings is 2. The average molecular weight is 565 g/mol. The highest BCUT2D eigenvalue weighted by atomic mass is 35.5. The molecule has 2 aromatic carbocycles. The molecule has 202 valence electrons. The van der Waals surface area contributed by atoms with Crippen LogP contribution in [0, 0.1) is 0 Å². The third-order valence-corrected chi connectivity index (χ3v) is 5.54. The van der Waals surface area contributed by atoms with Crippen LogP contribution >= 0.6 is 37.2 Å². The summed E-state index contributed by atoms with van der Waals surface area (Å²) in [4.78, 5) is 12.5. The Bertz CT molecular complexity index is 1110. The molecule has 1 aromatic heterocycles. The van der Waals surface area contributed by atoms with E-state index in [2.05, 4.69) is 10.6 Å². The Labute approximate surface area is 229 Å². The number of rotatable bonds is 13. The quantitative estimate of drug-likeness (QED) is 0.135. The van der Waals surface area contributed by atoms with Gasteiger partial charge in [0.25, 0.3) is 0 Å². The number of aryl methyl sites for hydroxylation is 1. The summed E-state index contributed by atoms with van der Waals surface area (Å²) in [6, 6.07) is 9.87. The lowest BCUT2D eigenvalue weighted by Gasteiger charge is -2.09. The predicted octanol–water partition coefficient (Wildman–Crippen LogP) is 4.08. The highest BCUT2D eigenvalue weighted by molar-refractivity contribution is 5.88. The van der Waals surface area contributed by atoms with Gasteiger partial charge in [0.15, 0.2) is 17.1 Å². The van der Waals surface area contributed by atoms with E-state index in [1.54, 1.807) is 12.1 Å². The van der Waals surface area contributed by atoms with E-state index in [4.69, 9.17) is 10.2 Å². The largest absolute Gasteiger partial charge is 0.504 e. The maximum Gasteiger partial charge on any atom is 0.235 e. The summed E-state index contributed by atoms with van der Waals surface area (Å²) in [5.74, 6) is -1.50. The fraction of sp³-hybridized carbons (Fsp3) is 0.400. The van der Waals surface area contributed by atoms with Gasteiger partial charge >= 0.3 is 0 Å². The van der Waals surface area contributed by atoms with Gasteiger partial charge in [-0.15, -0.1) is 37.2 Å². The van der Waals surface area contributed by atoms with Gasteiger partial charge in [0.05, 0.1) is 5.39 Å². The van der Waals surface area contributed by atoms with E-state index in [1.807, 2.05) is 12.1 Å². The van der Waals surface area contributed by atoms with Gasteiger partial charge in [-0.2, -0.15) is 0 Å². The van der Waals surface area contributed by atoms with Crippen molar-refractivity contribution in [3.05, 3.63) is 52.2 Å². The SMILES string of the molecule is Cl.Cl.Cl.NCCCNCCCCNCCCc1ccc(-c2oc3c(O)c(O)ccc3c(=O)c2O)cc1. The van der Waals surface area contributed by atoms with Crippen molar-refractivity contribution in [3.8, 4) is 28.6 Å². The minimum Gasteiger partial charge on any atom is -0.504 e. The lowest BCUT2D eigenvalue weighted by Crippen LogP contribution is -2.21. The normalized spacial score (nSPS) is 10.4. The van der Waals surface area contributed by atoms with E-state index in [1.165, 1.54) is 12.1 Å². The molecule has 0 amide bonds. The van der Waals surface area contributed by atoms with Crippen molar-refractivity contribution in [1.29, 1.82) is 0 Å². The Morgan fingerprint density at radius 1 is 0.750 bits per heavy atom. The average Bonchev–Trinajstić information content (AvgIpc) is 2.82. The van der Waals surface area contributed by atoms with Gasteiger partial charge in [-0.3, -0.25) is 4.79 Å². The molecule has 1 heterocycles. The van der Waals surface area contributed by atoms with Crippen LogP contribution in [0.15, 0.2) is 45.6 Å². The van der Waals surface area contributed by atoms with Crippen LogP contribution in [0.25, 0.3) is 22.3 Å². The first-order valence-electron chi connectivity index (χ1n) is 11.4. The molecule has 3 aromatic rings. The summed E-state index contributed by atoms with van der Waals surface area (Å²) in [5.41, 5.74) is 6.28. The van der Waals surface area contributed by atoms with Gasteiger partial charge in [-0.05, 0) is 82.5 Å². The molecular formula is C25H36Cl3N3O5. The molecule has 7 N–H and O–H groups in total. The Balaban J connectivity index is 0.00000408. The zero-order valence-corrected chi connectivity index (χ0v) is 22.4. The summed E-state index contributed by atoms with van der Waals surface area (Å²) in [5, 5.41) is 36.9. The molecule has 0 bridgehead atoms. The molecule has 0 aliphatic carbocycles. The topological polar surface area (TPSA) is 141 Å². The second kappa shape index (κ2) is 17.3. The molecule has 0 unspecified atom stereocenters. The van der Waals surface area contributed by atoms with Crippen LogP contribution in [0.1, 0.15) is 31.2 Å². The van der Waals surface area contributed by atoms with Crippen molar-refractivity contribution in [2.45, 2.75) is 32.1 Å². The second-order valence-electron chi connectivity index (χ2n) is 8.07. The smallest absolute Gasteiger partial charge is 0.235 e. The van der Waals surface area contributed by atoms with Crippen LogP contribution in [-0.4, -0.2) is 48.0 Å². The molecule has 0 fully saturated rings. The number of hydrogen-bond acceptors (Lipinski definition) is 8. The zero-order chi connectivity index (χ0) is 23.6. The highest BCUT2D eigenvalue weighted by Crippen LogP contribution is 2.37. The fourth-order valence-corrected chi connectivity index (χ4v) is 3.64. The molecule has 8 nitrogen and oxygen atoms in total. The van der Waals surface area contributed by atoms with Gasteiger partial charge in [0, 0.05) is 5.56 Å². The Morgan fingerprint density at radius 2 is 1.33 bits per heavy atom. The predicted molar refractivity (Wildman–Crippen MR) is 152 cm³/mol. The van der Waals surface area contributed by atoms with Crippen molar-refractivity contribution < 1.29 is 19.7 Å². The minimum absolute atomic E-state index is 0. The van der Waals surface area contributed by atoms with E-state index in [0.29, 0.717) is 5.56 Å². The molecule has 0 radical (unpaired) electrons. The third kappa shape index (κ3) is 9.03. The molecule has 36 heavy (non-hydrogen) atoms. The lowest BCUT2D eigenvalue weighted by molar-refractivity contribution is 0.397. The number of aromatic hydroxyl groups is 3. The molecule has 3 rings (SSSR count). The first-order valence-corrected chi connectivity index (χ1v) is 11.4. The van der Waals surface area contributed by atoms with E-state index >= 15 is 0 Å². The van der Waals surface area contributed by atoms with Crippen molar-refractivity contribution in [2.24, 2.45) is 5.73 Å². The second-order valence-corrected chi connectivity index (χ2v) is 8.07. The number of nitrogens with one attached hydrogen (secondary N) is 2. The maximum atomic E-state index is 12.5. The van der Waals surface area contributed by atoms with Crippen LogP contribution in [-0.2, 0) is 6.42 Å². The van der Waals surface area contributed by atoms with Gasteiger partial charge in [0.1, 0.15) is 0 Å². The Morgan fingerprint density at radius 3 is 1.94 bits per heavy atom. The van der Waals surface area contributed by atoms with Gasteiger partial charge < -0.3 is 36.1 Å². The molecule has 0 aliphatic heterocycles. The first-order chi connectivity index (χ1) is 16.0. The van der Waals surface area contributed by atoms with Crippen LogP contribution in [0.2, 0.25) is 0 Å². The summed E-state index contributed by atoms with van der Waals surface area (Å²) in [6.07, 6.45) is 5.20. The standard InChI is InChI=1S/C25H33N3O5.3ClH/c26-12-4-16-28-14-2-1-13-27-15-3-5-17-6-8-18(9-7-17)24-23(32)21(30)19-10-11-20(29)22(31)25(19)33-24;;;/h6-11,27-29,31-32H,1-5,12-16,26H2;3*1H. The monoisotopic (exact) mass is 563 g/mol. The summed E-state index contributed by atoms with van der Waals surface area (Å²) in [6.45, 7) is 4.68. The van der Waals surface area contributed by atoms with Gasteiger partial charge in [0.2, 0.25) is 16.9 Å². The number of nitrogens with two attached hydrogens (primary N) is 1. The molecule has 0 aliphatic rings. The van der Waals surface area contributed by atoms with Crippen molar-refractivity contribution in [1.82, 2.24) is 10.6 Å². The number of phenols is 2. The number of hydrogen-bond donors (Lipinski definition) is 6. The van der Waals surface area contributed by atoms with E-state index in [9.17, 15) is 20.1 Å². The van der Waals surface area contributed by atoms with E-state index < -0.39 is 22.7 Å². The molecule has 11 heteroatoms. The lowest BCUT2D eigenvalue weighted by atomic mass is 10.0.